The first-order valence-corrected chi connectivity index (χ1v) is 11.6. The Morgan fingerprint density at radius 2 is 1.42 bits per heavy atom. The number of anilines is 1. The van der Waals surface area contributed by atoms with Crippen LogP contribution in [-0.4, -0.2) is 25.2 Å². The Hall–Kier alpha value is -3.32. The van der Waals surface area contributed by atoms with E-state index < -0.39 is 9.84 Å². The van der Waals surface area contributed by atoms with Crippen LogP contribution in [-0.2, 0) is 20.4 Å². The van der Waals surface area contributed by atoms with Crippen molar-refractivity contribution in [3.8, 4) is 17.2 Å². The fraction of sp³-hybridized carbons (Fsp3) is 0.208. The van der Waals surface area contributed by atoms with E-state index in [4.69, 9.17) is 9.84 Å². The highest BCUT2D eigenvalue weighted by Crippen LogP contribution is 2.24. The second-order valence-corrected chi connectivity index (χ2v) is 9.32. The summed E-state index contributed by atoms with van der Waals surface area (Å²) in [6.07, 6.45) is 0. The van der Waals surface area contributed by atoms with Crippen molar-refractivity contribution in [1.29, 1.82) is 0 Å². The zero-order chi connectivity index (χ0) is 22.9. The van der Waals surface area contributed by atoms with Crippen molar-refractivity contribution in [3.05, 3.63) is 83.9 Å². The summed E-state index contributed by atoms with van der Waals surface area (Å²) in [5.74, 6) is 1.62. The largest absolute Gasteiger partial charge is 0.508 e. The third-order valence-corrected chi connectivity index (χ3v) is 5.85. The molecule has 7 heteroatoms. The molecule has 0 aliphatic rings. The normalized spacial score (nSPS) is 10.5. The first-order chi connectivity index (χ1) is 14.7. The van der Waals surface area contributed by atoms with Crippen molar-refractivity contribution < 1.29 is 23.1 Å². The average molecular weight is 442 g/mol. The van der Waals surface area contributed by atoms with E-state index in [-0.39, 0.29) is 17.4 Å². The van der Waals surface area contributed by atoms with Gasteiger partial charge in [0.05, 0.1) is 5.75 Å². The molecule has 0 aliphatic heterocycles. The van der Waals surface area contributed by atoms with E-state index in [9.17, 15) is 13.2 Å². The number of benzene rings is 3. The molecule has 2 N–H and O–H groups in total. The molecule has 0 unspecified atom stereocenters. The standard InChI is InChI=1S/C17H19NO4S.C7H8O/c1-3-23(20,21)12-14-4-8-16(9-5-14)22-17-10-6-15(7-11-17)18-13(2)19;1-6-2-4-7(8)5-3-6/h4-11H,3,12H2,1-2H3,(H,18,19);2-5,8H,1H3. The Labute approximate surface area is 183 Å². The van der Waals surface area contributed by atoms with E-state index in [1.54, 1.807) is 67.6 Å². The minimum absolute atomic E-state index is 0.0369. The van der Waals surface area contributed by atoms with Gasteiger partial charge in [-0.15, -0.1) is 0 Å². The Morgan fingerprint density at radius 3 is 1.87 bits per heavy atom. The highest BCUT2D eigenvalue weighted by atomic mass is 32.2. The molecule has 0 radical (unpaired) electrons. The topological polar surface area (TPSA) is 92.7 Å². The second kappa shape index (κ2) is 11.2. The number of sulfone groups is 1. The molecule has 3 rings (SSSR count). The van der Waals surface area contributed by atoms with Crippen LogP contribution >= 0.6 is 0 Å². The van der Waals surface area contributed by atoms with E-state index in [1.165, 1.54) is 12.5 Å². The highest BCUT2D eigenvalue weighted by Gasteiger charge is 2.09. The van der Waals surface area contributed by atoms with Crippen molar-refractivity contribution >= 4 is 21.4 Å². The maximum absolute atomic E-state index is 11.6. The fourth-order valence-corrected chi connectivity index (χ4v) is 3.40. The molecular weight excluding hydrogens is 414 g/mol. The van der Waals surface area contributed by atoms with E-state index in [0.717, 1.165) is 5.56 Å². The predicted molar refractivity (Wildman–Crippen MR) is 123 cm³/mol. The molecule has 0 bridgehead atoms. The fourth-order valence-electron chi connectivity index (χ4n) is 2.50. The Kier molecular flexibility index (Phi) is 8.63. The van der Waals surface area contributed by atoms with Gasteiger partial charge in [-0.3, -0.25) is 4.79 Å². The van der Waals surface area contributed by atoms with Crippen LogP contribution in [0.5, 0.6) is 17.2 Å². The minimum atomic E-state index is -3.03. The van der Waals surface area contributed by atoms with Gasteiger partial charge in [0.25, 0.3) is 0 Å². The Balaban J connectivity index is 0.000000357. The number of aryl methyl sites for hydroxylation is 1. The number of carbonyl (C=O) groups is 1. The third-order valence-electron chi connectivity index (χ3n) is 4.19. The van der Waals surface area contributed by atoms with Crippen molar-refractivity contribution in [2.24, 2.45) is 0 Å². The van der Waals surface area contributed by atoms with Gasteiger partial charge in [-0.1, -0.05) is 36.8 Å². The maximum Gasteiger partial charge on any atom is 0.221 e. The number of amides is 1. The zero-order valence-corrected chi connectivity index (χ0v) is 18.6. The van der Waals surface area contributed by atoms with E-state index in [0.29, 0.717) is 22.9 Å². The Bertz CT molecular complexity index is 1050. The van der Waals surface area contributed by atoms with Crippen LogP contribution in [0.2, 0.25) is 0 Å². The van der Waals surface area contributed by atoms with Crippen molar-refractivity contribution in [2.45, 2.75) is 26.5 Å². The van der Waals surface area contributed by atoms with Crippen LogP contribution in [0.1, 0.15) is 25.0 Å². The van der Waals surface area contributed by atoms with Crippen molar-refractivity contribution in [1.82, 2.24) is 0 Å². The van der Waals surface area contributed by atoms with Gasteiger partial charge in [-0.05, 0) is 61.0 Å². The molecule has 164 valence electrons. The molecule has 0 aromatic heterocycles. The maximum atomic E-state index is 11.6. The minimum Gasteiger partial charge on any atom is -0.508 e. The lowest BCUT2D eigenvalue weighted by atomic mass is 10.2. The molecule has 6 nitrogen and oxygen atoms in total. The number of hydrogen-bond acceptors (Lipinski definition) is 5. The van der Waals surface area contributed by atoms with E-state index in [1.807, 2.05) is 19.1 Å². The SMILES string of the molecule is CCS(=O)(=O)Cc1ccc(Oc2ccc(NC(C)=O)cc2)cc1.Cc1ccc(O)cc1. The van der Waals surface area contributed by atoms with Gasteiger partial charge in [-0.25, -0.2) is 8.42 Å². The molecule has 3 aromatic carbocycles. The molecule has 0 heterocycles. The number of aromatic hydroxyl groups is 1. The summed E-state index contributed by atoms with van der Waals surface area (Å²) in [4.78, 5) is 11.0. The number of carbonyl (C=O) groups excluding carboxylic acids is 1. The molecule has 31 heavy (non-hydrogen) atoms. The number of ether oxygens (including phenoxy) is 1. The van der Waals surface area contributed by atoms with E-state index >= 15 is 0 Å². The summed E-state index contributed by atoms with van der Waals surface area (Å²) in [5, 5.41) is 11.4. The summed E-state index contributed by atoms with van der Waals surface area (Å²) < 4.78 is 28.9. The van der Waals surface area contributed by atoms with Crippen LogP contribution in [0.15, 0.2) is 72.8 Å². The first kappa shape index (κ1) is 24.0. The predicted octanol–water partition coefficient (Wildman–Crippen LogP) is 5.07. The van der Waals surface area contributed by atoms with Gasteiger partial charge in [-0.2, -0.15) is 0 Å². The zero-order valence-electron chi connectivity index (χ0n) is 17.8. The van der Waals surface area contributed by atoms with E-state index in [2.05, 4.69) is 5.32 Å². The van der Waals surface area contributed by atoms with Crippen LogP contribution in [0, 0.1) is 6.92 Å². The molecule has 0 aliphatic carbocycles. The monoisotopic (exact) mass is 441 g/mol. The lowest BCUT2D eigenvalue weighted by Gasteiger charge is -2.08. The summed E-state index contributed by atoms with van der Waals surface area (Å²) in [5.41, 5.74) is 2.60. The molecular formula is C24H27NO5S. The number of hydrogen-bond donors (Lipinski definition) is 2. The molecule has 0 spiro atoms. The van der Waals surface area contributed by atoms with Crippen molar-refractivity contribution in [2.75, 3.05) is 11.1 Å². The first-order valence-electron chi connectivity index (χ1n) is 9.77. The van der Waals surface area contributed by atoms with Crippen LogP contribution < -0.4 is 10.1 Å². The highest BCUT2D eigenvalue weighted by molar-refractivity contribution is 7.90. The number of rotatable bonds is 6. The van der Waals surface area contributed by atoms with Crippen molar-refractivity contribution in [3.63, 3.8) is 0 Å². The molecule has 0 saturated heterocycles. The average Bonchev–Trinajstić information content (AvgIpc) is 2.73. The summed E-state index contributed by atoms with van der Waals surface area (Å²) in [6, 6.07) is 21.1. The lowest BCUT2D eigenvalue weighted by Crippen LogP contribution is -2.06. The van der Waals surface area contributed by atoms with Gasteiger partial charge in [0.15, 0.2) is 9.84 Å². The van der Waals surface area contributed by atoms with Gasteiger partial charge in [0.2, 0.25) is 5.91 Å². The molecule has 3 aromatic rings. The van der Waals surface area contributed by atoms with Crippen LogP contribution in [0.4, 0.5) is 5.69 Å². The molecule has 0 fully saturated rings. The Morgan fingerprint density at radius 1 is 0.903 bits per heavy atom. The van der Waals surface area contributed by atoms with Crippen LogP contribution in [0.3, 0.4) is 0 Å². The molecule has 1 amide bonds. The van der Waals surface area contributed by atoms with Gasteiger partial charge < -0.3 is 15.2 Å². The smallest absolute Gasteiger partial charge is 0.221 e. The van der Waals surface area contributed by atoms with Gasteiger partial charge in [0.1, 0.15) is 17.2 Å². The van der Waals surface area contributed by atoms with Gasteiger partial charge >= 0.3 is 0 Å². The third kappa shape index (κ3) is 8.92. The quantitative estimate of drug-likeness (QED) is 0.557. The number of nitrogens with one attached hydrogen (secondary N) is 1. The second-order valence-electron chi connectivity index (χ2n) is 6.96. The van der Waals surface area contributed by atoms with Gasteiger partial charge in [0, 0.05) is 18.4 Å². The molecule has 0 atom stereocenters. The molecule has 0 saturated carbocycles. The summed E-state index contributed by atoms with van der Waals surface area (Å²) in [6.45, 7) is 5.07. The van der Waals surface area contributed by atoms with Crippen LogP contribution in [0.25, 0.3) is 0 Å². The summed E-state index contributed by atoms with van der Waals surface area (Å²) in [7, 11) is -3.03. The number of phenols is 1. The number of phenolic OH excluding ortho intramolecular Hbond substituents is 1. The lowest BCUT2D eigenvalue weighted by molar-refractivity contribution is -0.114. The summed E-state index contributed by atoms with van der Waals surface area (Å²) >= 11 is 0.